The fourth-order valence-electron chi connectivity index (χ4n) is 0.967. The van der Waals surface area contributed by atoms with Gasteiger partial charge in [-0.3, -0.25) is 4.79 Å². The molecule has 71 valence electrons. The molecule has 0 saturated carbocycles. The SMILES string of the molecule is N#Cc1ccc([CH]CC(N)=O)cc1Cl. The number of hydrogen-bond acceptors (Lipinski definition) is 2. The molecule has 2 N–H and O–H groups in total. The van der Waals surface area contributed by atoms with Gasteiger partial charge in [-0.1, -0.05) is 17.7 Å². The molecule has 1 aromatic carbocycles. The van der Waals surface area contributed by atoms with E-state index in [1.54, 1.807) is 24.6 Å². The summed E-state index contributed by atoms with van der Waals surface area (Å²) in [5.41, 5.74) is 6.18. The fourth-order valence-corrected chi connectivity index (χ4v) is 1.20. The van der Waals surface area contributed by atoms with Gasteiger partial charge < -0.3 is 5.73 Å². The Kier molecular flexibility index (Phi) is 3.49. The van der Waals surface area contributed by atoms with Crippen molar-refractivity contribution in [3.63, 3.8) is 0 Å². The molecular weight excluding hydrogens is 200 g/mol. The smallest absolute Gasteiger partial charge is 0.218 e. The zero-order valence-electron chi connectivity index (χ0n) is 7.33. The van der Waals surface area contributed by atoms with Crippen LogP contribution in [0.2, 0.25) is 5.02 Å². The standard InChI is InChI=1S/C10H8ClN2O/c11-9-5-7(2-4-10(13)14)1-3-8(9)6-12/h1-3,5H,4H2,(H2,13,14). The first-order valence-electron chi connectivity index (χ1n) is 3.94. The van der Waals surface area contributed by atoms with Crippen molar-refractivity contribution in [2.24, 2.45) is 5.73 Å². The summed E-state index contributed by atoms with van der Waals surface area (Å²) in [5, 5.41) is 8.99. The number of halogens is 1. The molecular formula is C10H8ClN2O. The Morgan fingerprint density at radius 3 is 2.86 bits per heavy atom. The van der Waals surface area contributed by atoms with Crippen molar-refractivity contribution >= 4 is 17.5 Å². The number of rotatable bonds is 3. The van der Waals surface area contributed by atoms with Gasteiger partial charge in [-0.15, -0.1) is 0 Å². The second-order valence-electron chi connectivity index (χ2n) is 2.73. The van der Waals surface area contributed by atoms with E-state index in [1.165, 1.54) is 0 Å². The largest absolute Gasteiger partial charge is 0.370 e. The van der Waals surface area contributed by atoms with Crippen LogP contribution in [0, 0.1) is 17.8 Å². The highest BCUT2D eigenvalue weighted by Crippen LogP contribution is 2.18. The van der Waals surface area contributed by atoms with Gasteiger partial charge in [-0.05, 0) is 17.7 Å². The lowest BCUT2D eigenvalue weighted by atomic mass is 10.1. The van der Waals surface area contributed by atoms with E-state index in [2.05, 4.69) is 0 Å². The van der Waals surface area contributed by atoms with E-state index in [9.17, 15) is 4.79 Å². The molecule has 0 fully saturated rings. The molecule has 0 aliphatic heterocycles. The summed E-state index contributed by atoms with van der Waals surface area (Å²) < 4.78 is 0. The van der Waals surface area contributed by atoms with E-state index in [-0.39, 0.29) is 6.42 Å². The maximum absolute atomic E-state index is 10.5. The van der Waals surface area contributed by atoms with Gasteiger partial charge in [0, 0.05) is 12.8 Å². The van der Waals surface area contributed by atoms with Gasteiger partial charge in [0.25, 0.3) is 0 Å². The Morgan fingerprint density at radius 2 is 2.36 bits per heavy atom. The van der Waals surface area contributed by atoms with Gasteiger partial charge in [-0.2, -0.15) is 5.26 Å². The van der Waals surface area contributed by atoms with E-state index in [0.717, 1.165) is 5.56 Å². The van der Waals surface area contributed by atoms with Gasteiger partial charge in [0.1, 0.15) is 6.07 Å². The summed E-state index contributed by atoms with van der Waals surface area (Å²) in [6.45, 7) is 0. The second-order valence-corrected chi connectivity index (χ2v) is 3.13. The molecule has 3 nitrogen and oxygen atoms in total. The molecule has 0 unspecified atom stereocenters. The molecule has 1 radical (unpaired) electrons. The molecule has 0 aliphatic carbocycles. The van der Waals surface area contributed by atoms with Crippen LogP contribution in [0.1, 0.15) is 17.5 Å². The average molecular weight is 208 g/mol. The minimum Gasteiger partial charge on any atom is -0.370 e. The summed E-state index contributed by atoms with van der Waals surface area (Å²) in [6.07, 6.45) is 1.83. The van der Waals surface area contributed by atoms with Crippen molar-refractivity contribution in [3.05, 3.63) is 40.8 Å². The second kappa shape index (κ2) is 4.64. The van der Waals surface area contributed by atoms with E-state index in [1.807, 2.05) is 6.07 Å². The van der Waals surface area contributed by atoms with Gasteiger partial charge in [0.15, 0.2) is 0 Å². The lowest BCUT2D eigenvalue weighted by Gasteiger charge is -2.00. The summed E-state index contributed by atoms with van der Waals surface area (Å²) in [4.78, 5) is 10.5. The summed E-state index contributed by atoms with van der Waals surface area (Å²) >= 11 is 5.79. The third kappa shape index (κ3) is 2.75. The zero-order chi connectivity index (χ0) is 10.6. The molecule has 1 amide bonds. The van der Waals surface area contributed by atoms with Crippen molar-refractivity contribution in [2.75, 3.05) is 0 Å². The van der Waals surface area contributed by atoms with Crippen LogP contribution in [0.4, 0.5) is 0 Å². The predicted octanol–water partition coefficient (Wildman–Crippen LogP) is 1.64. The van der Waals surface area contributed by atoms with Crippen LogP contribution in [0.15, 0.2) is 18.2 Å². The van der Waals surface area contributed by atoms with Crippen molar-refractivity contribution in [1.82, 2.24) is 0 Å². The molecule has 14 heavy (non-hydrogen) atoms. The Labute approximate surface area is 87.1 Å². The van der Waals surface area contributed by atoms with Crippen LogP contribution in [0.5, 0.6) is 0 Å². The molecule has 0 aromatic heterocycles. The molecule has 1 rings (SSSR count). The highest BCUT2D eigenvalue weighted by molar-refractivity contribution is 6.31. The number of nitrogens with zero attached hydrogens (tertiary/aromatic N) is 1. The number of amides is 1. The topological polar surface area (TPSA) is 66.9 Å². The summed E-state index contributed by atoms with van der Waals surface area (Å²) in [5.74, 6) is -0.398. The molecule has 4 heteroatoms. The number of primary amides is 1. The number of nitriles is 1. The Morgan fingerprint density at radius 1 is 1.64 bits per heavy atom. The first-order chi connectivity index (χ1) is 6.63. The molecule has 0 aliphatic rings. The number of nitrogens with two attached hydrogens (primary N) is 1. The maximum atomic E-state index is 10.5. The molecule has 0 saturated heterocycles. The lowest BCUT2D eigenvalue weighted by molar-refractivity contribution is -0.117. The Bertz CT molecular complexity index is 396. The van der Waals surface area contributed by atoms with Gasteiger partial charge in [-0.25, -0.2) is 0 Å². The normalized spacial score (nSPS) is 9.43. The first kappa shape index (κ1) is 10.6. The van der Waals surface area contributed by atoms with Gasteiger partial charge >= 0.3 is 0 Å². The van der Waals surface area contributed by atoms with E-state index >= 15 is 0 Å². The first-order valence-corrected chi connectivity index (χ1v) is 4.32. The maximum Gasteiger partial charge on any atom is 0.218 e. The summed E-state index contributed by atoms with van der Waals surface area (Å²) in [6, 6.07) is 6.90. The highest BCUT2D eigenvalue weighted by Gasteiger charge is 2.02. The minimum absolute atomic E-state index is 0.169. The van der Waals surface area contributed by atoms with Crippen LogP contribution >= 0.6 is 11.6 Å². The van der Waals surface area contributed by atoms with Gasteiger partial charge in [0.05, 0.1) is 10.6 Å². The predicted molar refractivity (Wildman–Crippen MR) is 53.4 cm³/mol. The molecule has 0 atom stereocenters. The molecule has 1 aromatic rings. The minimum atomic E-state index is -0.398. The average Bonchev–Trinajstić information content (AvgIpc) is 2.15. The van der Waals surface area contributed by atoms with Crippen molar-refractivity contribution in [2.45, 2.75) is 6.42 Å². The molecule has 0 spiro atoms. The number of hydrogen-bond donors (Lipinski definition) is 1. The van der Waals surface area contributed by atoms with Crippen LogP contribution in [-0.2, 0) is 4.79 Å². The van der Waals surface area contributed by atoms with Crippen LogP contribution in [-0.4, -0.2) is 5.91 Å². The zero-order valence-corrected chi connectivity index (χ0v) is 8.08. The van der Waals surface area contributed by atoms with E-state index in [4.69, 9.17) is 22.6 Å². The van der Waals surface area contributed by atoms with Crippen LogP contribution in [0.25, 0.3) is 0 Å². The Balaban J connectivity index is 2.77. The highest BCUT2D eigenvalue weighted by atomic mass is 35.5. The number of carbonyl (C=O) groups is 1. The number of benzene rings is 1. The third-order valence-corrected chi connectivity index (χ3v) is 1.97. The quantitative estimate of drug-likeness (QED) is 0.819. The summed E-state index contributed by atoms with van der Waals surface area (Å²) in [7, 11) is 0. The van der Waals surface area contributed by atoms with Crippen molar-refractivity contribution < 1.29 is 4.79 Å². The van der Waals surface area contributed by atoms with Gasteiger partial charge in [0.2, 0.25) is 5.91 Å². The van der Waals surface area contributed by atoms with Crippen molar-refractivity contribution in [1.29, 1.82) is 5.26 Å². The third-order valence-electron chi connectivity index (χ3n) is 1.65. The molecule has 0 heterocycles. The Hall–Kier alpha value is -1.53. The monoisotopic (exact) mass is 207 g/mol. The number of carbonyl (C=O) groups excluding carboxylic acids is 1. The van der Waals surface area contributed by atoms with E-state index < -0.39 is 5.91 Å². The lowest BCUT2D eigenvalue weighted by Crippen LogP contribution is -2.10. The molecule has 0 bridgehead atoms. The van der Waals surface area contributed by atoms with E-state index in [0.29, 0.717) is 10.6 Å². The van der Waals surface area contributed by atoms with Crippen molar-refractivity contribution in [3.8, 4) is 6.07 Å². The van der Waals surface area contributed by atoms with Crippen LogP contribution < -0.4 is 5.73 Å². The fraction of sp³-hybridized carbons (Fsp3) is 0.100. The van der Waals surface area contributed by atoms with Crippen LogP contribution in [0.3, 0.4) is 0 Å².